The van der Waals surface area contributed by atoms with Gasteiger partial charge in [-0.05, 0) is 48.2 Å². The molecule has 10 nitrogen and oxygen atoms in total. The highest BCUT2D eigenvalue weighted by atomic mass is 32.2. The van der Waals surface area contributed by atoms with E-state index in [0.717, 1.165) is 10.6 Å². The van der Waals surface area contributed by atoms with Gasteiger partial charge in [0.25, 0.3) is 5.91 Å². The second kappa shape index (κ2) is 10.2. The van der Waals surface area contributed by atoms with E-state index < -0.39 is 32.0 Å². The first-order chi connectivity index (χ1) is 14.4. The van der Waals surface area contributed by atoms with Crippen molar-refractivity contribution in [2.24, 2.45) is 5.92 Å². The number of hydroxylamine groups is 1. The number of benzene rings is 1. The van der Waals surface area contributed by atoms with Crippen LogP contribution in [0.1, 0.15) is 25.8 Å². The maximum absolute atomic E-state index is 13.5. The molecule has 1 atom stereocenters. The van der Waals surface area contributed by atoms with Crippen molar-refractivity contribution in [2.45, 2.75) is 37.8 Å². The van der Waals surface area contributed by atoms with Gasteiger partial charge in [0.1, 0.15) is 6.04 Å². The second-order valence-corrected chi connectivity index (χ2v) is 11.1. The molecule has 31 heavy (non-hydrogen) atoms. The van der Waals surface area contributed by atoms with Gasteiger partial charge in [-0.15, -0.1) is 0 Å². The largest absolute Gasteiger partial charge is 0.289 e. The Morgan fingerprint density at radius 3 is 2.26 bits per heavy atom. The van der Waals surface area contributed by atoms with Crippen molar-refractivity contribution in [3.05, 3.63) is 54.4 Å². The lowest BCUT2D eigenvalue weighted by molar-refractivity contribution is -0.133. The van der Waals surface area contributed by atoms with E-state index in [0.29, 0.717) is 5.56 Å². The molecule has 0 aliphatic carbocycles. The quantitative estimate of drug-likeness (QED) is 0.353. The minimum atomic E-state index is -4.20. The molecular weight excluding hydrogens is 444 g/mol. The minimum absolute atomic E-state index is 0.0461. The van der Waals surface area contributed by atoms with E-state index in [-0.39, 0.29) is 29.5 Å². The van der Waals surface area contributed by atoms with Crippen molar-refractivity contribution in [1.82, 2.24) is 14.8 Å². The van der Waals surface area contributed by atoms with Crippen LogP contribution in [-0.4, -0.2) is 49.5 Å². The van der Waals surface area contributed by atoms with Crippen LogP contribution in [0, 0.1) is 5.92 Å². The van der Waals surface area contributed by atoms with Crippen LogP contribution in [0.25, 0.3) is 0 Å². The van der Waals surface area contributed by atoms with Gasteiger partial charge in [0.15, 0.2) is 0 Å². The van der Waals surface area contributed by atoms with Crippen molar-refractivity contribution in [2.75, 3.05) is 11.0 Å². The number of pyridine rings is 1. The number of nitrogens with zero attached hydrogens (tertiary/aromatic N) is 2. The standard InChI is InChI=1S/C19H26N4O6S2/c1-14(2)11-18(19(24)21-25)23(13-15-5-4-10-20-12-15)31(28,29)17-8-6-16(7-9-17)22-30(3,26)27/h4-10,12,14,18,22,25H,11,13H2,1-3H3,(H,21,24)/t18-/m1/s1. The first-order valence-corrected chi connectivity index (χ1v) is 12.7. The molecule has 3 N–H and O–H groups in total. The van der Waals surface area contributed by atoms with Crippen LogP contribution in [0.15, 0.2) is 53.7 Å². The van der Waals surface area contributed by atoms with Gasteiger partial charge in [0.2, 0.25) is 20.0 Å². The zero-order chi connectivity index (χ0) is 23.2. The van der Waals surface area contributed by atoms with Gasteiger partial charge in [-0.1, -0.05) is 19.9 Å². The number of carbonyl (C=O) groups is 1. The van der Waals surface area contributed by atoms with Crippen LogP contribution < -0.4 is 10.2 Å². The van der Waals surface area contributed by atoms with E-state index >= 15 is 0 Å². The molecule has 0 spiro atoms. The third kappa shape index (κ3) is 6.99. The fourth-order valence-electron chi connectivity index (χ4n) is 2.96. The molecule has 1 aromatic heterocycles. The monoisotopic (exact) mass is 470 g/mol. The molecule has 0 saturated carbocycles. The Bertz CT molecular complexity index is 1090. The number of aromatic nitrogens is 1. The molecule has 12 heteroatoms. The predicted octanol–water partition coefficient (Wildman–Crippen LogP) is 1.56. The first-order valence-electron chi connectivity index (χ1n) is 9.36. The van der Waals surface area contributed by atoms with E-state index in [1.165, 1.54) is 30.5 Å². The van der Waals surface area contributed by atoms with Gasteiger partial charge in [0, 0.05) is 24.6 Å². The summed E-state index contributed by atoms with van der Waals surface area (Å²) in [5.74, 6) is -0.897. The lowest BCUT2D eigenvalue weighted by Crippen LogP contribution is -2.49. The Morgan fingerprint density at radius 2 is 1.77 bits per heavy atom. The van der Waals surface area contributed by atoms with Gasteiger partial charge >= 0.3 is 0 Å². The SMILES string of the molecule is CC(C)C[C@H](C(=O)NO)N(Cc1cccnc1)S(=O)(=O)c1ccc(NS(C)(=O)=O)cc1. The number of anilines is 1. The first kappa shape index (κ1) is 24.7. The van der Waals surface area contributed by atoms with Crippen LogP contribution >= 0.6 is 0 Å². The Kier molecular flexibility index (Phi) is 8.12. The average Bonchev–Trinajstić information content (AvgIpc) is 2.69. The fourth-order valence-corrected chi connectivity index (χ4v) is 5.11. The Labute approximate surface area is 182 Å². The molecular formula is C19H26N4O6S2. The normalized spacial score (nSPS) is 13.2. The number of hydrogen-bond acceptors (Lipinski definition) is 7. The summed E-state index contributed by atoms with van der Waals surface area (Å²) in [6, 6.07) is 7.29. The van der Waals surface area contributed by atoms with E-state index in [9.17, 15) is 26.8 Å². The second-order valence-electron chi connectivity index (χ2n) is 7.43. The molecule has 0 saturated heterocycles. The van der Waals surface area contributed by atoms with Crippen molar-refractivity contribution in [3.8, 4) is 0 Å². The fraction of sp³-hybridized carbons (Fsp3) is 0.368. The molecule has 0 bridgehead atoms. The topological polar surface area (TPSA) is 146 Å². The van der Waals surface area contributed by atoms with Gasteiger partial charge in [-0.25, -0.2) is 22.3 Å². The Morgan fingerprint density at radius 1 is 1.13 bits per heavy atom. The molecule has 1 aromatic carbocycles. The molecule has 0 aliphatic rings. The number of rotatable bonds is 10. The summed E-state index contributed by atoms with van der Waals surface area (Å²) in [5.41, 5.74) is 2.32. The van der Waals surface area contributed by atoms with E-state index in [2.05, 4.69) is 9.71 Å². The third-order valence-corrected chi connectivity index (χ3v) is 6.76. The zero-order valence-corrected chi connectivity index (χ0v) is 19.0. The van der Waals surface area contributed by atoms with Gasteiger partial charge in [0.05, 0.1) is 11.2 Å². The summed E-state index contributed by atoms with van der Waals surface area (Å²) in [6.07, 6.45) is 4.18. The molecule has 2 aromatic rings. The summed E-state index contributed by atoms with van der Waals surface area (Å²) in [4.78, 5) is 16.3. The van der Waals surface area contributed by atoms with Crippen molar-refractivity contribution < 1.29 is 26.8 Å². The Balaban J connectivity index is 2.50. The molecule has 0 radical (unpaired) electrons. The van der Waals surface area contributed by atoms with Gasteiger partial charge in [-0.2, -0.15) is 4.31 Å². The highest BCUT2D eigenvalue weighted by Crippen LogP contribution is 2.25. The van der Waals surface area contributed by atoms with Crippen molar-refractivity contribution >= 4 is 31.6 Å². The maximum Gasteiger partial charge on any atom is 0.261 e. The van der Waals surface area contributed by atoms with E-state index in [4.69, 9.17) is 0 Å². The number of amides is 1. The number of nitrogens with one attached hydrogen (secondary N) is 2. The van der Waals surface area contributed by atoms with Crippen LogP contribution in [-0.2, 0) is 31.4 Å². The lowest BCUT2D eigenvalue weighted by Gasteiger charge is -2.30. The summed E-state index contributed by atoms with van der Waals surface area (Å²) < 4.78 is 53.0. The van der Waals surface area contributed by atoms with Crippen LogP contribution in [0.2, 0.25) is 0 Å². The van der Waals surface area contributed by atoms with Crippen LogP contribution in [0.3, 0.4) is 0 Å². The number of carbonyl (C=O) groups excluding carboxylic acids is 1. The van der Waals surface area contributed by atoms with Crippen molar-refractivity contribution in [1.29, 1.82) is 0 Å². The summed E-state index contributed by atoms with van der Waals surface area (Å²) >= 11 is 0. The van der Waals surface area contributed by atoms with Gasteiger partial charge in [-0.3, -0.25) is 19.7 Å². The van der Waals surface area contributed by atoms with Gasteiger partial charge < -0.3 is 0 Å². The third-order valence-electron chi connectivity index (χ3n) is 4.28. The Hall–Kier alpha value is -2.54. The number of sulfonamides is 2. The predicted molar refractivity (Wildman–Crippen MR) is 115 cm³/mol. The van der Waals surface area contributed by atoms with E-state index in [1.54, 1.807) is 23.8 Å². The highest BCUT2D eigenvalue weighted by molar-refractivity contribution is 7.92. The average molecular weight is 471 g/mol. The number of hydrogen-bond donors (Lipinski definition) is 3. The zero-order valence-electron chi connectivity index (χ0n) is 17.4. The van der Waals surface area contributed by atoms with E-state index in [1.807, 2.05) is 13.8 Å². The summed E-state index contributed by atoms with van der Waals surface area (Å²) in [5, 5.41) is 9.22. The van der Waals surface area contributed by atoms with Crippen molar-refractivity contribution in [3.63, 3.8) is 0 Å². The molecule has 1 heterocycles. The minimum Gasteiger partial charge on any atom is -0.289 e. The summed E-state index contributed by atoms with van der Waals surface area (Å²) in [7, 11) is -7.72. The van der Waals surface area contributed by atoms with Crippen LogP contribution in [0.5, 0.6) is 0 Å². The summed E-state index contributed by atoms with van der Waals surface area (Å²) in [6.45, 7) is 3.51. The highest BCUT2D eigenvalue weighted by Gasteiger charge is 2.36. The van der Waals surface area contributed by atoms with Crippen LogP contribution in [0.4, 0.5) is 5.69 Å². The molecule has 0 unspecified atom stereocenters. The molecule has 0 aliphatic heterocycles. The molecule has 170 valence electrons. The maximum atomic E-state index is 13.5. The molecule has 1 amide bonds. The molecule has 0 fully saturated rings. The molecule has 2 rings (SSSR count). The smallest absolute Gasteiger partial charge is 0.261 e. The lowest BCUT2D eigenvalue weighted by atomic mass is 10.0.